The van der Waals surface area contributed by atoms with Gasteiger partial charge in [-0.25, -0.2) is 0 Å². The molecule has 102 valence electrons. The fourth-order valence-electron chi connectivity index (χ4n) is 2.01. The van der Waals surface area contributed by atoms with Crippen molar-refractivity contribution in [1.82, 2.24) is 5.32 Å². The van der Waals surface area contributed by atoms with E-state index < -0.39 is 0 Å². The minimum absolute atomic E-state index is 0.101. The van der Waals surface area contributed by atoms with Crippen LogP contribution in [0.15, 0.2) is 65.3 Å². The Hall–Kier alpha value is -1.87. The third-order valence-corrected chi connectivity index (χ3v) is 3.42. The maximum atomic E-state index is 12.5. The van der Waals surface area contributed by atoms with Crippen molar-refractivity contribution in [2.45, 2.75) is 6.42 Å². The van der Waals surface area contributed by atoms with E-state index in [2.05, 4.69) is 21.2 Å². The van der Waals surface area contributed by atoms with Crippen LogP contribution < -0.4 is 5.32 Å². The maximum absolute atomic E-state index is 12.5. The normalized spacial score (nSPS) is 11.2. The molecule has 0 fully saturated rings. The predicted octanol–water partition coefficient (Wildman–Crippen LogP) is 3.82. The number of hydrogen-bond acceptors (Lipinski definition) is 2. The fourth-order valence-corrected chi connectivity index (χ4v) is 2.46. The minimum Gasteiger partial charge on any atom is -0.393 e. The number of ketones is 1. The zero-order chi connectivity index (χ0) is 14.4. The standard InChI is InChI=1S/C17H16BrNO/c1-19-12-16(14-7-3-2-4-8-14)17(20)11-13-6-5-9-15(18)10-13/h2-10,12,19H,11H2,1H3. The number of allylic oxidation sites excluding steroid dienone is 1. The number of Topliss-reactive ketones (excluding diaryl/α,β-unsaturated/α-hetero) is 1. The number of rotatable bonds is 5. The van der Waals surface area contributed by atoms with Gasteiger partial charge in [-0.1, -0.05) is 58.4 Å². The Balaban J connectivity index is 2.23. The second kappa shape index (κ2) is 7.06. The molecule has 0 aliphatic rings. The van der Waals surface area contributed by atoms with Crippen LogP contribution in [0.1, 0.15) is 11.1 Å². The van der Waals surface area contributed by atoms with Gasteiger partial charge in [0.25, 0.3) is 0 Å². The molecule has 0 spiro atoms. The van der Waals surface area contributed by atoms with Gasteiger partial charge < -0.3 is 5.32 Å². The van der Waals surface area contributed by atoms with E-state index in [1.807, 2.05) is 54.6 Å². The monoisotopic (exact) mass is 329 g/mol. The van der Waals surface area contributed by atoms with Gasteiger partial charge in [0.15, 0.2) is 5.78 Å². The summed E-state index contributed by atoms with van der Waals surface area (Å²) in [5, 5.41) is 2.95. The molecule has 0 atom stereocenters. The Labute approximate surface area is 127 Å². The van der Waals surface area contributed by atoms with Crippen molar-refractivity contribution in [2.24, 2.45) is 0 Å². The molecule has 2 aromatic rings. The van der Waals surface area contributed by atoms with Crippen LogP contribution in [-0.2, 0) is 11.2 Å². The Kier molecular flexibility index (Phi) is 5.13. The molecular formula is C17H16BrNO. The van der Waals surface area contributed by atoms with Crippen LogP contribution >= 0.6 is 15.9 Å². The molecule has 0 bridgehead atoms. The van der Waals surface area contributed by atoms with Crippen molar-refractivity contribution in [1.29, 1.82) is 0 Å². The molecule has 0 heterocycles. The lowest BCUT2D eigenvalue weighted by Gasteiger charge is -2.08. The number of carbonyl (C=O) groups excluding carboxylic acids is 1. The SMILES string of the molecule is CNC=C(C(=O)Cc1cccc(Br)c1)c1ccccc1. The first-order chi connectivity index (χ1) is 9.70. The largest absolute Gasteiger partial charge is 0.393 e. The van der Waals surface area contributed by atoms with E-state index in [0.29, 0.717) is 12.0 Å². The summed E-state index contributed by atoms with van der Waals surface area (Å²) in [6, 6.07) is 17.5. The van der Waals surface area contributed by atoms with Crippen molar-refractivity contribution in [3.05, 3.63) is 76.4 Å². The summed E-state index contributed by atoms with van der Waals surface area (Å²) in [5.41, 5.74) is 2.64. The highest BCUT2D eigenvalue weighted by atomic mass is 79.9. The van der Waals surface area contributed by atoms with Gasteiger partial charge in [0, 0.05) is 29.7 Å². The Morgan fingerprint density at radius 2 is 1.90 bits per heavy atom. The van der Waals surface area contributed by atoms with Crippen LogP contribution in [0.4, 0.5) is 0 Å². The van der Waals surface area contributed by atoms with Gasteiger partial charge in [0.2, 0.25) is 0 Å². The van der Waals surface area contributed by atoms with Crippen molar-refractivity contribution < 1.29 is 4.79 Å². The highest BCUT2D eigenvalue weighted by molar-refractivity contribution is 9.10. The molecule has 20 heavy (non-hydrogen) atoms. The lowest BCUT2D eigenvalue weighted by atomic mass is 9.98. The first-order valence-corrected chi connectivity index (χ1v) is 7.20. The van der Waals surface area contributed by atoms with Gasteiger partial charge in [-0.2, -0.15) is 0 Å². The first-order valence-electron chi connectivity index (χ1n) is 6.41. The summed E-state index contributed by atoms with van der Waals surface area (Å²) in [4.78, 5) is 12.5. The topological polar surface area (TPSA) is 29.1 Å². The summed E-state index contributed by atoms with van der Waals surface area (Å²) in [7, 11) is 1.80. The molecule has 0 aliphatic carbocycles. The van der Waals surface area contributed by atoms with E-state index in [-0.39, 0.29) is 5.78 Å². The van der Waals surface area contributed by atoms with Crippen molar-refractivity contribution in [3.8, 4) is 0 Å². The fraction of sp³-hybridized carbons (Fsp3) is 0.118. The molecule has 0 amide bonds. The zero-order valence-corrected chi connectivity index (χ0v) is 12.9. The predicted molar refractivity (Wildman–Crippen MR) is 86.3 cm³/mol. The van der Waals surface area contributed by atoms with Crippen molar-refractivity contribution >= 4 is 27.3 Å². The zero-order valence-electron chi connectivity index (χ0n) is 11.3. The van der Waals surface area contributed by atoms with Gasteiger partial charge in [-0.15, -0.1) is 0 Å². The average Bonchev–Trinajstić information content (AvgIpc) is 2.45. The van der Waals surface area contributed by atoms with E-state index in [4.69, 9.17) is 0 Å². The van der Waals surface area contributed by atoms with Gasteiger partial charge >= 0.3 is 0 Å². The summed E-state index contributed by atoms with van der Waals surface area (Å²) in [6.07, 6.45) is 2.15. The van der Waals surface area contributed by atoms with E-state index >= 15 is 0 Å². The van der Waals surface area contributed by atoms with E-state index in [1.165, 1.54) is 0 Å². The van der Waals surface area contributed by atoms with Crippen LogP contribution in [0.2, 0.25) is 0 Å². The molecule has 2 aromatic carbocycles. The van der Waals surface area contributed by atoms with Crippen LogP contribution in [0, 0.1) is 0 Å². The molecule has 3 heteroatoms. The molecule has 0 radical (unpaired) electrons. The van der Waals surface area contributed by atoms with E-state index in [1.54, 1.807) is 13.2 Å². The quantitative estimate of drug-likeness (QED) is 0.845. The molecule has 1 N–H and O–H groups in total. The van der Waals surface area contributed by atoms with E-state index in [0.717, 1.165) is 15.6 Å². The molecule has 2 rings (SSSR count). The highest BCUT2D eigenvalue weighted by Crippen LogP contribution is 2.18. The van der Waals surface area contributed by atoms with Gasteiger partial charge in [0.05, 0.1) is 0 Å². The van der Waals surface area contributed by atoms with Crippen LogP contribution in [0.5, 0.6) is 0 Å². The van der Waals surface area contributed by atoms with Gasteiger partial charge in [-0.3, -0.25) is 4.79 Å². The third-order valence-electron chi connectivity index (χ3n) is 2.93. The first kappa shape index (κ1) is 14.5. The summed E-state index contributed by atoms with van der Waals surface area (Å²) in [5.74, 6) is 0.101. The molecule has 0 aromatic heterocycles. The highest BCUT2D eigenvalue weighted by Gasteiger charge is 2.12. The Bertz CT molecular complexity index is 620. The van der Waals surface area contributed by atoms with Crippen LogP contribution in [0.3, 0.4) is 0 Å². The summed E-state index contributed by atoms with van der Waals surface area (Å²) in [6.45, 7) is 0. The number of benzene rings is 2. The van der Waals surface area contributed by atoms with Crippen molar-refractivity contribution in [2.75, 3.05) is 7.05 Å². The van der Waals surface area contributed by atoms with Crippen LogP contribution in [-0.4, -0.2) is 12.8 Å². The lowest BCUT2D eigenvalue weighted by Crippen LogP contribution is -2.09. The third kappa shape index (κ3) is 3.81. The molecule has 0 unspecified atom stereocenters. The lowest BCUT2D eigenvalue weighted by molar-refractivity contribution is -0.113. The van der Waals surface area contributed by atoms with E-state index in [9.17, 15) is 4.79 Å². The van der Waals surface area contributed by atoms with Gasteiger partial charge in [0.1, 0.15) is 0 Å². The second-order valence-corrected chi connectivity index (χ2v) is 5.36. The van der Waals surface area contributed by atoms with Crippen LogP contribution in [0.25, 0.3) is 5.57 Å². The number of nitrogens with one attached hydrogen (secondary N) is 1. The molecular weight excluding hydrogens is 314 g/mol. The number of halogens is 1. The smallest absolute Gasteiger partial charge is 0.169 e. The molecule has 0 aliphatic heterocycles. The molecule has 2 nitrogen and oxygen atoms in total. The Morgan fingerprint density at radius 1 is 1.15 bits per heavy atom. The summed E-state index contributed by atoms with van der Waals surface area (Å²) < 4.78 is 0.988. The summed E-state index contributed by atoms with van der Waals surface area (Å²) >= 11 is 3.43. The second-order valence-electron chi connectivity index (χ2n) is 4.44. The maximum Gasteiger partial charge on any atom is 0.169 e. The number of carbonyl (C=O) groups is 1. The average molecular weight is 330 g/mol. The van der Waals surface area contributed by atoms with Crippen molar-refractivity contribution in [3.63, 3.8) is 0 Å². The van der Waals surface area contributed by atoms with Gasteiger partial charge in [-0.05, 0) is 23.3 Å². The molecule has 0 saturated heterocycles. The minimum atomic E-state index is 0.101. The molecule has 0 saturated carbocycles. The Morgan fingerprint density at radius 3 is 2.55 bits per heavy atom. The number of hydrogen-bond donors (Lipinski definition) is 1.